The van der Waals surface area contributed by atoms with E-state index in [1.807, 2.05) is 74.5 Å². The number of aliphatic hydroxyl groups excluding tert-OH is 1. The van der Waals surface area contributed by atoms with Gasteiger partial charge in [-0.3, -0.25) is 9.59 Å². The number of imide groups is 1. The van der Waals surface area contributed by atoms with Gasteiger partial charge in [-0.05, 0) is 59.3 Å². The van der Waals surface area contributed by atoms with Crippen LogP contribution in [-0.4, -0.2) is 104 Å². The fraction of sp³-hybridized carbons (Fsp3) is 0.548. The number of rotatable bonds is 19. The van der Waals surface area contributed by atoms with Crippen molar-refractivity contribution in [3.63, 3.8) is 0 Å². The normalized spacial score (nSPS) is 24.3. The van der Waals surface area contributed by atoms with Gasteiger partial charge in [-0.25, -0.2) is 9.69 Å². The Balaban J connectivity index is 1.31. The minimum Gasteiger partial charge on any atom is -0.461 e. The highest BCUT2D eigenvalue weighted by molar-refractivity contribution is 9.10. The van der Waals surface area contributed by atoms with Crippen LogP contribution in [0.1, 0.15) is 69.8 Å². The highest BCUT2D eigenvalue weighted by Gasteiger charge is 2.55. The first kappa shape index (κ1) is 44.4. The van der Waals surface area contributed by atoms with Crippen molar-refractivity contribution in [2.24, 2.45) is 5.92 Å². The summed E-state index contributed by atoms with van der Waals surface area (Å²) >= 11 is 3.55. The zero-order valence-electron chi connectivity index (χ0n) is 33.5. The smallest absolute Gasteiger partial charge is 0.417 e. The van der Waals surface area contributed by atoms with Crippen LogP contribution in [0.5, 0.6) is 0 Å². The molecular weight excluding hydrogens is 806 g/mol. The molecule has 0 radical (unpaired) electrons. The summed E-state index contributed by atoms with van der Waals surface area (Å²) in [4.78, 5) is 40.4. The molecule has 2 aliphatic rings. The largest absolute Gasteiger partial charge is 0.461 e. The predicted molar refractivity (Wildman–Crippen MR) is 209 cm³/mol. The van der Waals surface area contributed by atoms with Crippen molar-refractivity contribution in [3.8, 4) is 0 Å². The summed E-state index contributed by atoms with van der Waals surface area (Å²) in [5, 5.41) is 10.4. The number of cyclic esters (lactones) is 1. The van der Waals surface area contributed by atoms with Crippen LogP contribution >= 0.6 is 15.9 Å². The summed E-state index contributed by atoms with van der Waals surface area (Å²) in [6, 6.07) is 20.4. The van der Waals surface area contributed by atoms with Crippen LogP contribution in [0, 0.1) is 5.92 Å². The number of amides is 2. The van der Waals surface area contributed by atoms with Crippen molar-refractivity contribution in [3.05, 3.63) is 93.9 Å². The summed E-state index contributed by atoms with van der Waals surface area (Å²) < 4.78 is 54.8. The maximum absolute atomic E-state index is 14.0. The van der Waals surface area contributed by atoms with E-state index < -0.39 is 72.5 Å². The van der Waals surface area contributed by atoms with Gasteiger partial charge >= 0.3 is 12.1 Å². The number of furan rings is 1. The van der Waals surface area contributed by atoms with Crippen molar-refractivity contribution in [2.45, 2.75) is 115 Å². The molecule has 1 aromatic heterocycles. The van der Waals surface area contributed by atoms with Crippen LogP contribution in [0.25, 0.3) is 0 Å². The molecule has 1 N–H and O–H groups in total. The van der Waals surface area contributed by atoms with Gasteiger partial charge in [-0.15, -0.1) is 0 Å². The number of carbonyl (C=O) groups excluding carboxylic acids is 3. The summed E-state index contributed by atoms with van der Waals surface area (Å²) in [5.74, 6) is -0.895. The van der Waals surface area contributed by atoms with Gasteiger partial charge in [0.2, 0.25) is 0 Å². The first-order valence-corrected chi connectivity index (χ1v) is 19.8. The van der Waals surface area contributed by atoms with E-state index in [1.165, 1.54) is 21.1 Å². The van der Waals surface area contributed by atoms with Gasteiger partial charge in [0.05, 0.1) is 30.3 Å². The van der Waals surface area contributed by atoms with Crippen molar-refractivity contribution < 1.29 is 61.8 Å². The third kappa shape index (κ3) is 10.9. The molecule has 3 aromatic rings. The number of hydrogen-bond donors (Lipinski definition) is 1. The quantitative estimate of drug-likeness (QED) is 0.106. The first-order valence-electron chi connectivity index (χ1n) is 19.1. The molecule has 0 spiro atoms. The van der Waals surface area contributed by atoms with Crippen molar-refractivity contribution >= 4 is 33.9 Å². The zero-order valence-corrected chi connectivity index (χ0v) is 35.0. The molecule has 2 aliphatic heterocycles. The Labute approximate surface area is 342 Å². The number of aryl methyl sites for hydroxylation is 1. The van der Waals surface area contributed by atoms with E-state index in [0.717, 1.165) is 16.0 Å². The predicted octanol–water partition coefficient (Wildman–Crippen LogP) is 6.30. The number of carbonyl (C=O) groups is 3. The monoisotopic (exact) mass is 859 g/mol. The van der Waals surface area contributed by atoms with Crippen LogP contribution < -0.4 is 0 Å². The molecule has 8 atom stereocenters. The van der Waals surface area contributed by atoms with Gasteiger partial charge in [0, 0.05) is 34.2 Å². The fourth-order valence-corrected chi connectivity index (χ4v) is 8.04. The van der Waals surface area contributed by atoms with Crippen LogP contribution in [0.2, 0.25) is 0 Å². The first-order chi connectivity index (χ1) is 27.3. The summed E-state index contributed by atoms with van der Waals surface area (Å²) in [7, 11) is 2.80. The number of halogens is 1. The number of hydrogen-bond acceptors (Lipinski definition) is 13. The van der Waals surface area contributed by atoms with E-state index in [0.29, 0.717) is 23.1 Å². The minimum absolute atomic E-state index is 0.138. The van der Waals surface area contributed by atoms with E-state index in [9.17, 15) is 19.5 Å². The Morgan fingerprint density at radius 3 is 2.09 bits per heavy atom. The molecule has 57 heavy (non-hydrogen) atoms. The summed E-state index contributed by atoms with van der Waals surface area (Å²) in [6.07, 6.45) is -6.46. The second-order valence-electron chi connectivity index (χ2n) is 14.9. The van der Waals surface area contributed by atoms with E-state index >= 15 is 0 Å². The minimum atomic E-state index is -1.42. The lowest BCUT2D eigenvalue weighted by molar-refractivity contribution is -0.319. The molecule has 2 amide bonds. The lowest BCUT2D eigenvalue weighted by atomic mass is 9.88. The number of ether oxygens (including phenoxy) is 8. The topological polar surface area (TPSA) is 162 Å². The zero-order chi connectivity index (χ0) is 41.3. The molecule has 15 heteroatoms. The van der Waals surface area contributed by atoms with E-state index in [2.05, 4.69) is 15.9 Å². The van der Waals surface area contributed by atoms with Crippen molar-refractivity contribution in [2.75, 3.05) is 27.4 Å². The lowest BCUT2D eigenvalue weighted by Gasteiger charge is -2.45. The van der Waals surface area contributed by atoms with Gasteiger partial charge in [0.25, 0.3) is 5.91 Å². The second kappa shape index (κ2) is 20.3. The molecule has 0 saturated carbocycles. The molecule has 312 valence electrons. The molecule has 14 nitrogen and oxygen atoms in total. The molecule has 3 heterocycles. The highest BCUT2D eigenvalue weighted by Crippen LogP contribution is 2.38. The molecule has 0 unspecified atom stereocenters. The van der Waals surface area contributed by atoms with Crippen molar-refractivity contribution in [1.82, 2.24) is 4.90 Å². The van der Waals surface area contributed by atoms with E-state index in [4.69, 9.17) is 42.3 Å². The Bertz CT molecular complexity index is 1750. The Hall–Kier alpha value is -3.67. The van der Waals surface area contributed by atoms with E-state index in [1.54, 1.807) is 19.9 Å². The average molecular weight is 861 g/mol. The molecule has 5 rings (SSSR count). The lowest BCUT2D eigenvalue weighted by Crippen LogP contribution is -2.61. The van der Waals surface area contributed by atoms with Gasteiger partial charge in [0.1, 0.15) is 41.5 Å². The number of nitrogens with zero attached hydrogens (tertiary/aromatic N) is 1. The maximum atomic E-state index is 14.0. The molecule has 2 fully saturated rings. The molecule has 2 saturated heterocycles. The summed E-state index contributed by atoms with van der Waals surface area (Å²) in [6.45, 7) is 8.88. The molecule has 0 bridgehead atoms. The molecule has 2 aromatic carbocycles. The Morgan fingerprint density at radius 1 is 0.930 bits per heavy atom. The fourth-order valence-electron chi connectivity index (χ4n) is 7.53. The molecular formula is C42H54BrNO13. The number of aliphatic hydroxyl groups is 1. The maximum Gasteiger partial charge on any atom is 0.417 e. The Kier molecular flexibility index (Phi) is 15.9. The van der Waals surface area contributed by atoms with Crippen LogP contribution in [-0.2, 0) is 67.1 Å². The van der Waals surface area contributed by atoms with Gasteiger partial charge < -0.3 is 47.4 Å². The third-order valence-electron chi connectivity index (χ3n) is 9.96. The SMILES string of the molecule is CO[C@H]1O[C@H](CO)[C@@H](OCc2ccccc2)[C@H](OCc2ccccc2)[C@@H]1OCCCc1oc([C@@H](OC(C)=O)[C@H](OC)C(=O)N2C(=O)OC(C)(C)[C@@H]2C(C)C)cc1Br. The highest BCUT2D eigenvalue weighted by atomic mass is 79.9. The second-order valence-corrected chi connectivity index (χ2v) is 15.8. The third-order valence-corrected chi connectivity index (χ3v) is 10.6. The van der Waals surface area contributed by atoms with Gasteiger partial charge in [0.15, 0.2) is 18.5 Å². The van der Waals surface area contributed by atoms with E-state index in [-0.39, 0.29) is 38.1 Å². The number of esters is 1. The van der Waals surface area contributed by atoms with Crippen LogP contribution in [0.3, 0.4) is 0 Å². The van der Waals surface area contributed by atoms with Crippen LogP contribution in [0.15, 0.2) is 75.6 Å². The van der Waals surface area contributed by atoms with Gasteiger partial charge in [-0.1, -0.05) is 74.5 Å². The Morgan fingerprint density at radius 2 is 1.54 bits per heavy atom. The average Bonchev–Trinajstić information content (AvgIpc) is 3.68. The number of methoxy groups -OCH3 is 2. The standard InChI is InChI=1S/C42H54BrNO13/c1-25(2)38-42(4,5)57-41(48)44(38)39(47)36(49-6)34(54-26(3)46)31-21-29(43)30(55-31)19-14-20-51-37-35(53-24-28-17-12-9-13-18-28)33(32(22-45)56-40(37)50-7)52-23-27-15-10-8-11-16-27/h8-13,15-18,21,25,32-38,40,45H,14,19-20,22-24H2,1-7H3/t32-,33-,34-,35+,36+,37+,38+,40+/m1/s1. The van der Waals surface area contributed by atoms with Crippen molar-refractivity contribution in [1.29, 1.82) is 0 Å². The number of benzene rings is 2. The van der Waals surface area contributed by atoms with Crippen LogP contribution in [0.4, 0.5) is 4.79 Å². The molecule has 0 aliphatic carbocycles. The summed E-state index contributed by atoms with van der Waals surface area (Å²) in [5.41, 5.74) is 0.951. The van der Waals surface area contributed by atoms with Gasteiger partial charge in [-0.2, -0.15) is 0 Å².